The van der Waals surface area contributed by atoms with Crippen LogP contribution in [0.4, 0.5) is 0 Å². The Balaban J connectivity index is 1.90. The number of halogens is 1. The molecule has 3 saturated carbocycles. The number of rotatable bonds is 2. The minimum Gasteiger partial charge on any atom is -0.426 e. The van der Waals surface area contributed by atoms with Crippen molar-refractivity contribution >= 4 is 21.9 Å². The predicted molar refractivity (Wildman–Crippen MR) is 87.8 cm³/mol. The summed E-state index contributed by atoms with van der Waals surface area (Å²) in [5.41, 5.74) is 2.02. The zero-order valence-electron chi connectivity index (χ0n) is 13.4. The lowest BCUT2D eigenvalue weighted by molar-refractivity contribution is -0.176. The van der Waals surface area contributed by atoms with Gasteiger partial charge in [0.1, 0.15) is 5.75 Å². The quantitative estimate of drug-likeness (QED) is 0.435. The Morgan fingerprint density at radius 3 is 2.14 bits per heavy atom. The molecule has 0 radical (unpaired) electrons. The van der Waals surface area contributed by atoms with Gasteiger partial charge >= 0.3 is 5.97 Å². The van der Waals surface area contributed by atoms with Crippen molar-refractivity contribution in [2.75, 3.05) is 0 Å². The molecule has 0 aromatic heterocycles. The number of hydrogen-bond donors (Lipinski definition) is 0. The summed E-state index contributed by atoms with van der Waals surface area (Å²) in [5.74, 6) is 0.595. The summed E-state index contributed by atoms with van der Waals surface area (Å²) in [4.78, 5) is 13.1. The van der Waals surface area contributed by atoms with E-state index in [4.69, 9.17) is 4.74 Å². The second-order valence-corrected chi connectivity index (χ2v) is 8.50. The highest BCUT2D eigenvalue weighted by Crippen LogP contribution is 2.80. The molecular formula is C18H23BrO2. The highest BCUT2D eigenvalue weighted by molar-refractivity contribution is 9.09. The fraction of sp³-hybridized carbons (Fsp3) is 0.611. The SMILES string of the molecule is Cc1cc(C)cc(OC(=O)C23CCC(C)(C2Br)C3(C)C)c1. The van der Waals surface area contributed by atoms with Gasteiger partial charge in [-0.15, -0.1) is 0 Å². The number of ether oxygens (including phenoxy) is 1. The van der Waals surface area contributed by atoms with Crippen LogP contribution >= 0.6 is 15.9 Å². The van der Waals surface area contributed by atoms with Crippen LogP contribution in [-0.2, 0) is 4.79 Å². The summed E-state index contributed by atoms with van der Waals surface area (Å²) in [6.45, 7) is 10.7. The zero-order valence-corrected chi connectivity index (χ0v) is 15.0. The van der Waals surface area contributed by atoms with Crippen LogP contribution in [0.25, 0.3) is 0 Å². The summed E-state index contributed by atoms with van der Waals surface area (Å²) in [7, 11) is 0. The third-order valence-corrected chi connectivity index (χ3v) is 8.14. The third-order valence-electron chi connectivity index (χ3n) is 6.34. The van der Waals surface area contributed by atoms with E-state index in [-0.39, 0.29) is 27.0 Å². The molecule has 1 aromatic rings. The van der Waals surface area contributed by atoms with Crippen LogP contribution in [-0.4, -0.2) is 10.8 Å². The Kier molecular flexibility index (Phi) is 3.12. The van der Waals surface area contributed by atoms with Gasteiger partial charge in [0.15, 0.2) is 0 Å². The van der Waals surface area contributed by atoms with Gasteiger partial charge < -0.3 is 4.74 Å². The lowest BCUT2D eigenvalue weighted by Crippen LogP contribution is -2.68. The number of benzene rings is 1. The molecule has 3 heteroatoms. The van der Waals surface area contributed by atoms with E-state index in [2.05, 4.69) is 42.8 Å². The Morgan fingerprint density at radius 1 is 1.14 bits per heavy atom. The van der Waals surface area contributed by atoms with Crippen molar-refractivity contribution in [2.24, 2.45) is 16.2 Å². The van der Waals surface area contributed by atoms with Gasteiger partial charge in [-0.2, -0.15) is 0 Å². The molecule has 114 valence electrons. The molecule has 0 aliphatic heterocycles. The Bertz CT molecular complexity index is 601. The maximum absolute atomic E-state index is 12.9. The number of fused-ring (bicyclic) bond motifs is 1. The van der Waals surface area contributed by atoms with Crippen LogP contribution in [0.5, 0.6) is 5.75 Å². The number of carbonyl (C=O) groups is 1. The van der Waals surface area contributed by atoms with Crippen molar-refractivity contribution < 1.29 is 9.53 Å². The van der Waals surface area contributed by atoms with E-state index in [1.54, 1.807) is 0 Å². The number of carbonyl (C=O) groups excluding carboxylic acids is 1. The number of aryl methyl sites for hydroxylation is 2. The average molecular weight is 351 g/mol. The first-order valence-electron chi connectivity index (χ1n) is 7.60. The summed E-state index contributed by atoms with van der Waals surface area (Å²) < 4.78 is 5.78. The van der Waals surface area contributed by atoms with Crippen LogP contribution in [0.3, 0.4) is 0 Å². The molecule has 3 aliphatic rings. The molecule has 0 amide bonds. The first kappa shape index (κ1) is 15.1. The standard InChI is InChI=1S/C18H23BrO2/c1-11-8-12(2)10-13(9-11)21-15(20)18-7-6-17(5,14(18)19)16(18,3)4/h8-10,14H,6-7H2,1-5H3. The van der Waals surface area contributed by atoms with Crippen LogP contribution in [0.1, 0.15) is 44.7 Å². The van der Waals surface area contributed by atoms with Gasteiger partial charge in [-0.05, 0) is 60.8 Å². The number of alkyl halides is 1. The van der Waals surface area contributed by atoms with E-state index in [1.165, 1.54) is 0 Å². The van der Waals surface area contributed by atoms with Crippen molar-refractivity contribution in [1.82, 2.24) is 0 Å². The van der Waals surface area contributed by atoms with Gasteiger partial charge in [0.2, 0.25) is 0 Å². The number of esters is 1. The van der Waals surface area contributed by atoms with E-state index in [1.807, 2.05) is 26.0 Å². The molecule has 2 nitrogen and oxygen atoms in total. The van der Waals surface area contributed by atoms with Gasteiger partial charge in [-0.25, -0.2) is 0 Å². The molecule has 0 heterocycles. The second kappa shape index (κ2) is 4.34. The lowest BCUT2D eigenvalue weighted by Gasteiger charge is -2.63. The minimum absolute atomic E-state index is 0.0237. The molecule has 0 spiro atoms. The highest BCUT2D eigenvalue weighted by atomic mass is 79.9. The van der Waals surface area contributed by atoms with Crippen LogP contribution in [0.2, 0.25) is 0 Å². The van der Waals surface area contributed by atoms with E-state index < -0.39 is 0 Å². The molecule has 3 unspecified atom stereocenters. The van der Waals surface area contributed by atoms with Crippen molar-refractivity contribution in [3.8, 4) is 5.75 Å². The van der Waals surface area contributed by atoms with Gasteiger partial charge in [-0.3, -0.25) is 4.79 Å². The van der Waals surface area contributed by atoms with Crippen LogP contribution in [0.15, 0.2) is 18.2 Å². The topological polar surface area (TPSA) is 26.3 Å². The monoisotopic (exact) mass is 350 g/mol. The van der Waals surface area contributed by atoms with Gasteiger partial charge in [0, 0.05) is 4.83 Å². The van der Waals surface area contributed by atoms with E-state index in [0.717, 1.165) is 24.0 Å². The molecule has 3 atom stereocenters. The average Bonchev–Trinajstić information content (AvgIpc) is 2.76. The molecule has 2 bridgehead atoms. The highest BCUT2D eigenvalue weighted by Gasteiger charge is 2.80. The second-order valence-electron chi connectivity index (χ2n) is 7.59. The first-order valence-corrected chi connectivity index (χ1v) is 8.51. The van der Waals surface area contributed by atoms with Crippen molar-refractivity contribution in [3.05, 3.63) is 29.3 Å². The molecule has 1 aromatic carbocycles. The maximum atomic E-state index is 12.9. The maximum Gasteiger partial charge on any atom is 0.319 e. The molecule has 4 rings (SSSR count). The third kappa shape index (κ3) is 1.67. The minimum atomic E-state index is -0.389. The predicted octanol–water partition coefficient (Wildman–Crippen LogP) is 4.80. The largest absolute Gasteiger partial charge is 0.426 e. The van der Waals surface area contributed by atoms with Crippen molar-refractivity contribution in [2.45, 2.75) is 52.3 Å². The lowest BCUT2D eigenvalue weighted by atomic mass is 9.43. The molecule has 3 aliphatic carbocycles. The molecule has 3 fully saturated rings. The molecule has 0 saturated heterocycles. The van der Waals surface area contributed by atoms with E-state index in [9.17, 15) is 4.79 Å². The van der Waals surface area contributed by atoms with Crippen LogP contribution in [0, 0.1) is 30.1 Å². The fourth-order valence-electron chi connectivity index (χ4n) is 4.60. The van der Waals surface area contributed by atoms with Crippen molar-refractivity contribution in [3.63, 3.8) is 0 Å². The number of hydrogen-bond acceptors (Lipinski definition) is 2. The summed E-state index contributed by atoms with van der Waals surface area (Å²) >= 11 is 3.78. The summed E-state index contributed by atoms with van der Waals surface area (Å²) in [6.07, 6.45) is 1.99. The molecular weight excluding hydrogens is 328 g/mol. The van der Waals surface area contributed by atoms with Gasteiger partial charge in [0.25, 0.3) is 0 Å². The first-order chi connectivity index (χ1) is 9.65. The van der Waals surface area contributed by atoms with E-state index in [0.29, 0.717) is 5.75 Å². The molecule has 21 heavy (non-hydrogen) atoms. The molecule has 0 N–H and O–H groups in total. The Hall–Kier alpha value is -0.830. The Labute approximate surface area is 135 Å². The van der Waals surface area contributed by atoms with Gasteiger partial charge in [-0.1, -0.05) is 42.8 Å². The van der Waals surface area contributed by atoms with Crippen molar-refractivity contribution in [1.29, 1.82) is 0 Å². The van der Waals surface area contributed by atoms with Crippen LogP contribution < -0.4 is 4.74 Å². The zero-order chi connectivity index (χ0) is 15.6. The Morgan fingerprint density at radius 2 is 1.71 bits per heavy atom. The summed E-state index contributed by atoms with van der Waals surface area (Å²) in [6, 6.07) is 5.96. The summed E-state index contributed by atoms with van der Waals surface area (Å²) in [5, 5.41) is 0. The normalized spacial score (nSPS) is 36.2. The fourth-order valence-corrected chi connectivity index (χ4v) is 6.38. The smallest absolute Gasteiger partial charge is 0.319 e. The van der Waals surface area contributed by atoms with Gasteiger partial charge in [0.05, 0.1) is 5.41 Å². The van der Waals surface area contributed by atoms with E-state index >= 15 is 0 Å².